The fourth-order valence-corrected chi connectivity index (χ4v) is 1.43. The molecule has 0 saturated carbocycles. The maximum Gasteiger partial charge on any atom is 0.121 e. The van der Waals surface area contributed by atoms with E-state index in [0.29, 0.717) is 0 Å². The van der Waals surface area contributed by atoms with E-state index in [1.807, 2.05) is 42.5 Å². The molecular weight excluding hydrogens is 188 g/mol. The first-order valence-electron chi connectivity index (χ1n) is 4.90. The van der Waals surface area contributed by atoms with Gasteiger partial charge in [0.1, 0.15) is 11.9 Å². The van der Waals surface area contributed by atoms with Crippen molar-refractivity contribution in [3.05, 3.63) is 48.2 Å². The molecule has 0 saturated heterocycles. The summed E-state index contributed by atoms with van der Waals surface area (Å²) in [5, 5.41) is 0. The Balaban J connectivity index is 1.99. The van der Waals surface area contributed by atoms with E-state index in [1.54, 1.807) is 0 Å². The van der Waals surface area contributed by atoms with Crippen LogP contribution in [0.5, 0.6) is 5.75 Å². The molecule has 1 aliphatic carbocycles. The highest BCUT2D eigenvalue weighted by atomic mass is 16.5. The lowest BCUT2D eigenvalue weighted by molar-refractivity contribution is 0.251. The number of allylic oxidation sites excluding steroid dienone is 1. The van der Waals surface area contributed by atoms with E-state index in [1.165, 1.54) is 0 Å². The first kappa shape index (κ1) is 9.65. The third-order valence-corrected chi connectivity index (χ3v) is 2.26. The molecule has 4 N–H and O–H groups in total. The highest BCUT2D eigenvalue weighted by Crippen LogP contribution is 2.18. The second-order valence-corrected chi connectivity index (χ2v) is 3.52. The first-order chi connectivity index (χ1) is 7.24. The second-order valence-electron chi connectivity index (χ2n) is 3.52. The summed E-state index contributed by atoms with van der Waals surface area (Å²) in [6.45, 7) is 0. The topological polar surface area (TPSA) is 61.3 Å². The minimum atomic E-state index is 0.0703. The number of anilines is 1. The molecule has 78 valence electrons. The van der Waals surface area contributed by atoms with Crippen LogP contribution in [-0.4, -0.2) is 6.10 Å². The zero-order chi connectivity index (χ0) is 10.7. The van der Waals surface area contributed by atoms with Gasteiger partial charge in [-0.3, -0.25) is 0 Å². The molecule has 0 aliphatic heterocycles. The zero-order valence-electron chi connectivity index (χ0n) is 8.39. The number of benzene rings is 1. The Kier molecular flexibility index (Phi) is 2.63. The lowest BCUT2D eigenvalue weighted by Crippen LogP contribution is -2.16. The molecule has 0 heterocycles. The van der Waals surface area contributed by atoms with Crippen LogP contribution >= 0.6 is 0 Å². The minimum Gasteiger partial charge on any atom is -0.486 e. The van der Waals surface area contributed by atoms with Gasteiger partial charge in [0, 0.05) is 17.8 Å². The van der Waals surface area contributed by atoms with Gasteiger partial charge in [-0.1, -0.05) is 6.08 Å². The van der Waals surface area contributed by atoms with Crippen LogP contribution in [0.2, 0.25) is 0 Å². The quantitative estimate of drug-likeness (QED) is 0.719. The average molecular weight is 202 g/mol. The van der Waals surface area contributed by atoms with Gasteiger partial charge in [0.05, 0.1) is 0 Å². The normalized spacial score (nSPS) is 19.7. The Hall–Kier alpha value is -1.90. The monoisotopic (exact) mass is 202 g/mol. The van der Waals surface area contributed by atoms with Crippen molar-refractivity contribution in [2.24, 2.45) is 5.73 Å². The maximum absolute atomic E-state index is 5.72. The van der Waals surface area contributed by atoms with Crippen LogP contribution in [0, 0.1) is 0 Å². The van der Waals surface area contributed by atoms with Crippen molar-refractivity contribution >= 4 is 5.69 Å². The van der Waals surface area contributed by atoms with Crippen LogP contribution < -0.4 is 16.2 Å². The third kappa shape index (κ3) is 2.53. The van der Waals surface area contributed by atoms with Gasteiger partial charge in [-0.2, -0.15) is 0 Å². The van der Waals surface area contributed by atoms with Crippen LogP contribution in [0.25, 0.3) is 0 Å². The molecule has 0 radical (unpaired) electrons. The van der Waals surface area contributed by atoms with E-state index in [2.05, 4.69) is 0 Å². The minimum absolute atomic E-state index is 0.0703. The van der Waals surface area contributed by atoms with Gasteiger partial charge >= 0.3 is 0 Å². The van der Waals surface area contributed by atoms with Crippen LogP contribution in [0.4, 0.5) is 5.69 Å². The van der Waals surface area contributed by atoms with Gasteiger partial charge in [0.25, 0.3) is 0 Å². The summed E-state index contributed by atoms with van der Waals surface area (Å²) in [6.07, 6.45) is 6.67. The van der Waals surface area contributed by atoms with E-state index in [0.717, 1.165) is 23.6 Å². The number of nitrogens with two attached hydrogens (primary N) is 2. The van der Waals surface area contributed by atoms with E-state index in [9.17, 15) is 0 Å². The molecule has 1 aliphatic rings. The number of hydrogen-bond acceptors (Lipinski definition) is 3. The van der Waals surface area contributed by atoms with Crippen molar-refractivity contribution in [1.82, 2.24) is 0 Å². The molecule has 3 heteroatoms. The van der Waals surface area contributed by atoms with Crippen molar-refractivity contribution < 1.29 is 4.74 Å². The second kappa shape index (κ2) is 4.09. The molecule has 0 bridgehead atoms. The van der Waals surface area contributed by atoms with Gasteiger partial charge in [-0.25, -0.2) is 0 Å². The van der Waals surface area contributed by atoms with Crippen LogP contribution in [0.3, 0.4) is 0 Å². The molecular formula is C12H14N2O. The molecule has 1 aromatic carbocycles. The summed E-state index contributed by atoms with van der Waals surface area (Å²) >= 11 is 0. The zero-order valence-corrected chi connectivity index (χ0v) is 8.39. The average Bonchev–Trinajstić information content (AvgIpc) is 2.25. The van der Waals surface area contributed by atoms with Crippen molar-refractivity contribution in [3.63, 3.8) is 0 Å². The number of nitrogen functional groups attached to an aromatic ring is 1. The van der Waals surface area contributed by atoms with Crippen molar-refractivity contribution in [1.29, 1.82) is 0 Å². The maximum atomic E-state index is 5.72. The fourth-order valence-electron chi connectivity index (χ4n) is 1.43. The van der Waals surface area contributed by atoms with Crippen molar-refractivity contribution in [2.45, 2.75) is 12.5 Å². The Morgan fingerprint density at radius 3 is 2.47 bits per heavy atom. The molecule has 15 heavy (non-hydrogen) atoms. The third-order valence-electron chi connectivity index (χ3n) is 2.26. The predicted octanol–water partition coefficient (Wildman–Crippen LogP) is 1.82. The molecule has 2 rings (SSSR count). The number of hydrogen-bond donors (Lipinski definition) is 2. The van der Waals surface area contributed by atoms with Gasteiger partial charge < -0.3 is 16.2 Å². The standard InChI is InChI=1S/C12H14N2O/c13-9-1-5-11(6-2-9)15-12-7-3-10(14)4-8-12/h1-7,12H,8,13-14H2. The molecule has 0 aromatic heterocycles. The summed E-state index contributed by atoms with van der Waals surface area (Å²) in [4.78, 5) is 0. The number of rotatable bonds is 2. The summed E-state index contributed by atoms with van der Waals surface area (Å²) in [5.41, 5.74) is 12.7. The largest absolute Gasteiger partial charge is 0.486 e. The summed E-state index contributed by atoms with van der Waals surface area (Å²) < 4.78 is 5.72. The van der Waals surface area contributed by atoms with E-state index < -0.39 is 0 Å². The molecule has 3 nitrogen and oxygen atoms in total. The highest BCUT2D eigenvalue weighted by Gasteiger charge is 2.08. The molecule has 0 spiro atoms. The van der Waals surface area contributed by atoms with Gasteiger partial charge in [0.15, 0.2) is 0 Å². The van der Waals surface area contributed by atoms with Crippen molar-refractivity contribution in [3.8, 4) is 5.75 Å². The molecule has 0 fully saturated rings. The first-order valence-corrected chi connectivity index (χ1v) is 4.90. The highest BCUT2D eigenvalue weighted by molar-refractivity contribution is 5.41. The van der Waals surface area contributed by atoms with E-state index >= 15 is 0 Å². The fraction of sp³-hybridized carbons (Fsp3) is 0.167. The smallest absolute Gasteiger partial charge is 0.121 e. The Bertz CT molecular complexity index is 393. The lowest BCUT2D eigenvalue weighted by atomic mass is 10.1. The van der Waals surface area contributed by atoms with Crippen molar-refractivity contribution in [2.75, 3.05) is 5.73 Å². The molecule has 1 aromatic rings. The molecule has 0 amide bonds. The lowest BCUT2D eigenvalue weighted by Gasteiger charge is -2.17. The molecule has 1 atom stereocenters. The van der Waals surface area contributed by atoms with Crippen LogP contribution in [0.1, 0.15) is 6.42 Å². The number of ether oxygens (including phenoxy) is 1. The summed E-state index contributed by atoms with van der Waals surface area (Å²) in [5.74, 6) is 0.827. The van der Waals surface area contributed by atoms with Crippen LogP contribution in [-0.2, 0) is 0 Å². The Morgan fingerprint density at radius 1 is 1.13 bits per heavy atom. The summed E-state index contributed by atoms with van der Waals surface area (Å²) in [7, 11) is 0. The Morgan fingerprint density at radius 2 is 1.87 bits per heavy atom. The van der Waals surface area contributed by atoms with Gasteiger partial charge in [-0.15, -0.1) is 0 Å². The van der Waals surface area contributed by atoms with E-state index in [4.69, 9.17) is 16.2 Å². The Labute approximate surface area is 89.0 Å². The molecule has 1 unspecified atom stereocenters. The SMILES string of the molecule is NC1=CCC(Oc2ccc(N)cc2)C=C1. The van der Waals surface area contributed by atoms with Crippen LogP contribution in [0.15, 0.2) is 48.2 Å². The van der Waals surface area contributed by atoms with Gasteiger partial charge in [-0.05, 0) is 36.4 Å². The van der Waals surface area contributed by atoms with Gasteiger partial charge in [0.2, 0.25) is 0 Å². The predicted molar refractivity (Wildman–Crippen MR) is 61.3 cm³/mol. The van der Waals surface area contributed by atoms with E-state index in [-0.39, 0.29) is 6.10 Å². The summed E-state index contributed by atoms with van der Waals surface area (Å²) in [6, 6.07) is 7.38.